The van der Waals surface area contributed by atoms with Gasteiger partial charge in [-0.3, -0.25) is 0 Å². The number of nitrogen functional groups attached to an aromatic ring is 1. The molecule has 1 aromatic carbocycles. The van der Waals surface area contributed by atoms with Crippen LogP contribution in [0.4, 0.5) is 10.6 Å². The first-order valence-corrected chi connectivity index (χ1v) is 11.4. The van der Waals surface area contributed by atoms with E-state index in [2.05, 4.69) is 41.3 Å². The number of nitrogens with two attached hydrogens (primary N) is 1. The van der Waals surface area contributed by atoms with E-state index in [-0.39, 0.29) is 23.7 Å². The Morgan fingerprint density at radius 3 is 2.56 bits per heavy atom. The number of carbonyl (C=O) groups is 1. The molecule has 32 heavy (non-hydrogen) atoms. The second-order valence-corrected chi connectivity index (χ2v) is 10.6. The van der Waals surface area contributed by atoms with Gasteiger partial charge in [-0.2, -0.15) is 0 Å². The van der Waals surface area contributed by atoms with Gasteiger partial charge in [-0.15, -0.1) is 0 Å². The van der Waals surface area contributed by atoms with E-state index in [0.717, 1.165) is 54.7 Å². The number of aromatic nitrogens is 2. The maximum absolute atomic E-state index is 12.0. The molecule has 1 heterocycles. The van der Waals surface area contributed by atoms with E-state index in [0.29, 0.717) is 5.82 Å². The van der Waals surface area contributed by atoms with Crippen LogP contribution in [0.2, 0.25) is 0 Å². The van der Waals surface area contributed by atoms with Crippen molar-refractivity contribution in [1.29, 1.82) is 0 Å². The molecule has 7 heteroatoms. The van der Waals surface area contributed by atoms with Crippen molar-refractivity contribution in [2.24, 2.45) is 0 Å². The van der Waals surface area contributed by atoms with Crippen LogP contribution in [0.3, 0.4) is 0 Å². The molecule has 0 unspecified atom stereocenters. The third kappa shape index (κ3) is 4.81. The Morgan fingerprint density at radius 2 is 1.88 bits per heavy atom. The quantitative estimate of drug-likeness (QED) is 0.716. The minimum Gasteiger partial charge on any atom is -0.490 e. The number of benzene rings is 1. The van der Waals surface area contributed by atoms with E-state index < -0.39 is 5.60 Å². The second-order valence-electron chi connectivity index (χ2n) is 10.6. The Morgan fingerprint density at radius 1 is 1.16 bits per heavy atom. The molecule has 2 aromatic rings. The van der Waals surface area contributed by atoms with E-state index in [1.54, 1.807) is 0 Å². The number of anilines is 1. The lowest BCUT2D eigenvalue weighted by Gasteiger charge is -2.34. The standard InChI is InChI=1S/C25H34N4O3/c1-24(2,3)32-23(30)29-16-6-8-17(9-7-16)31-18-10-11-19-15(12-18)13-25(4,5)20-21(19)27-14-28-22(20)26/h10-12,14,16-17H,6-9,13H2,1-5H3,(H,29,30)(H2,26,27,28). The lowest BCUT2D eigenvalue weighted by molar-refractivity contribution is 0.0471. The number of hydrogen-bond donors (Lipinski definition) is 2. The van der Waals surface area contributed by atoms with Gasteiger partial charge in [-0.25, -0.2) is 14.8 Å². The summed E-state index contributed by atoms with van der Waals surface area (Å²) in [6, 6.07) is 6.38. The molecule has 0 atom stereocenters. The highest BCUT2D eigenvalue weighted by Gasteiger charge is 2.35. The first-order chi connectivity index (χ1) is 15.0. The molecule has 4 rings (SSSR count). The van der Waals surface area contributed by atoms with Crippen LogP contribution >= 0.6 is 0 Å². The van der Waals surface area contributed by atoms with Gasteiger partial charge in [0.15, 0.2) is 0 Å². The number of nitrogens with zero attached hydrogens (tertiary/aromatic N) is 2. The Hall–Kier alpha value is -2.83. The molecule has 172 valence electrons. The highest BCUT2D eigenvalue weighted by Crippen LogP contribution is 2.44. The Balaban J connectivity index is 1.40. The maximum atomic E-state index is 12.0. The molecular weight excluding hydrogens is 404 g/mol. The zero-order valence-corrected chi connectivity index (χ0v) is 19.7. The molecule has 2 aliphatic rings. The summed E-state index contributed by atoms with van der Waals surface area (Å²) in [6.07, 6.45) is 5.75. The fourth-order valence-electron chi connectivity index (χ4n) is 4.85. The van der Waals surface area contributed by atoms with Gasteiger partial charge in [0, 0.05) is 17.2 Å². The molecule has 0 saturated heterocycles. The molecule has 3 N–H and O–H groups in total. The average molecular weight is 439 g/mol. The van der Waals surface area contributed by atoms with Gasteiger partial charge >= 0.3 is 6.09 Å². The van der Waals surface area contributed by atoms with Crippen LogP contribution in [-0.2, 0) is 16.6 Å². The summed E-state index contributed by atoms with van der Waals surface area (Å²) < 4.78 is 11.7. The number of ether oxygens (including phenoxy) is 2. The summed E-state index contributed by atoms with van der Waals surface area (Å²) in [7, 11) is 0. The topological polar surface area (TPSA) is 99.4 Å². The fraction of sp³-hybridized carbons (Fsp3) is 0.560. The third-order valence-corrected chi connectivity index (χ3v) is 6.22. The minimum atomic E-state index is -0.482. The van der Waals surface area contributed by atoms with Crippen molar-refractivity contribution in [2.75, 3.05) is 5.73 Å². The Kier molecular flexibility index (Phi) is 5.77. The van der Waals surface area contributed by atoms with E-state index in [1.807, 2.05) is 26.8 Å². The Labute approximate surface area is 190 Å². The van der Waals surface area contributed by atoms with Gasteiger partial charge in [-0.1, -0.05) is 13.8 Å². The third-order valence-electron chi connectivity index (χ3n) is 6.22. The molecule has 0 spiro atoms. The highest BCUT2D eigenvalue weighted by atomic mass is 16.6. The van der Waals surface area contributed by atoms with Crippen molar-refractivity contribution < 1.29 is 14.3 Å². The maximum Gasteiger partial charge on any atom is 0.407 e. The van der Waals surface area contributed by atoms with Crippen molar-refractivity contribution in [3.63, 3.8) is 0 Å². The van der Waals surface area contributed by atoms with E-state index in [4.69, 9.17) is 15.2 Å². The van der Waals surface area contributed by atoms with Crippen LogP contribution in [-0.4, -0.2) is 33.8 Å². The first-order valence-electron chi connectivity index (χ1n) is 11.4. The lowest BCUT2D eigenvalue weighted by atomic mass is 9.72. The van der Waals surface area contributed by atoms with Gasteiger partial charge < -0.3 is 20.5 Å². The largest absolute Gasteiger partial charge is 0.490 e. The van der Waals surface area contributed by atoms with Gasteiger partial charge in [0.1, 0.15) is 23.5 Å². The lowest BCUT2D eigenvalue weighted by Crippen LogP contribution is -2.42. The second kappa shape index (κ2) is 8.26. The molecule has 1 amide bonds. The normalized spacial score (nSPS) is 21.8. The number of amides is 1. The first kappa shape index (κ1) is 22.4. The molecular formula is C25H34N4O3. The van der Waals surface area contributed by atoms with Crippen molar-refractivity contribution in [3.05, 3.63) is 35.7 Å². The number of fused-ring (bicyclic) bond motifs is 3. The van der Waals surface area contributed by atoms with Crippen LogP contribution in [0.1, 0.15) is 71.4 Å². The smallest absolute Gasteiger partial charge is 0.407 e. The molecule has 1 saturated carbocycles. The summed E-state index contributed by atoms with van der Waals surface area (Å²) in [5, 5.41) is 2.98. The van der Waals surface area contributed by atoms with E-state index in [1.165, 1.54) is 11.9 Å². The molecule has 1 fully saturated rings. The summed E-state index contributed by atoms with van der Waals surface area (Å²) in [4.78, 5) is 20.8. The van der Waals surface area contributed by atoms with E-state index >= 15 is 0 Å². The highest BCUT2D eigenvalue weighted by molar-refractivity contribution is 5.76. The molecule has 1 aromatic heterocycles. The monoisotopic (exact) mass is 438 g/mol. The van der Waals surface area contributed by atoms with Crippen LogP contribution in [0, 0.1) is 0 Å². The molecule has 0 aliphatic heterocycles. The van der Waals surface area contributed by atoms with Crippen molar-refractivity contribution >= 4 is 11.9 Å². The van der Waals surface area contributed by atoms with Gasteiger partial charge in [0.2, 0.25) is 0 Å². The zero-order chi connectivity index (χ0) is 23.1. The molecule has 0 bridgehead atoms. The zero-order valence-electron chi connectivity index (χ0n) is 19.7. The fourth-order valence-corrected chi connectivity index (χ4v) is 4.85. The van der Waals surface area contributed by atoms with Crippen LogP contribution in [0.15, 0.2) is 24.5 Å². The molecule has 0 radical (unpaired) electrons. The van der Waals surface area contributed by atoms with Gasteiger partial charge in [-0.05, 0) is 82.1 Å². The number of rotatable bonds is 3. The van der Waals surface area contributed by atoms with Crippen LogP contribution in [0.25, 0.3) is 11.3 Å². The number of carbonyl (C=O) groups excluding carboxylic acids is 1. The summed E-state index contributed by atoms with van der Waals surface area (Å²) in [5.41, 5.74) is 9.83. The number of alkyl carbamates (subject to hydrolysis) is 1. The summed E-state index contributed by atoms with van der Waals surface area (Å²) >= 11 is 0. The van der Waals surface area contributed by atoms with Crippen LogP contribution in [0.5, 0.6) is 5.75 Å². The SMILES string of the molecule is CC(C)(C)OC(=O)NC1CCC(Oc2ccc3c(c2)CC(C)(C)c2c(N)ncnc2-3)CC1. The Bertz CT molecular complexity index is 1000. The van der Waals surface area contributed by atoms with Crippen molar-refractivity contribution in [3.8, 4) is 17.0 Å². The molecule has 7 nitrogen and oxygen atoms in total. The predicted molar refractivity (Wildman–Crippen MR) is 125 cm³/mol. The van der Waals surface area contributed by atoms with Gasteiger partial charge in [0.05, 0.1) is 11.8 Å². The number of nitrogens with one attached hydrogen (secondary N) is 1. The summed E-state index contributed by atoms with van der Waals surface area (Å²) in [6.45, 7) is 9.98. The predicted octanol–water partition coefficient (Wildman–Crippen LogP) is 4.77. The van der Waals surface area contributed by atoms with Crippen molar-refractivity contribution in [1.82, 2.24) is 15.3 Å². The number of hydrogen-bond acceptors (Lipinski definition) is 6. The minimum absolute atomic E-state index is 0.135. The van der Waals surface area contributed by atoms with E-state index in [9.17, 15) is 4.79 Å². The molecule has 2 aliphatic carbocycles. The average Bonchev–Trinajstić information content (AvgIpc) is 2.67. The van der Waals surface area contributed by atoms with Gasteiger partial charge in [0.25, 0.3) is 0 Å². The van der Waals surface area contributed by atoms with Crippen molar-refractivity contribution in [2.45, 2.75) is 89.9 Å². The van der Waals surface area contributed by atoms with Crippen LogP contribution < -0.4 is 15.8 Å². The summed E-state index contributed by atoms with van der Waals surface area (Å²) in [5.74, 6) is 1.44.